The minimum absolute atomic E-state index is 0.0168. The molecule has 0 aromatic rings. The quantitative estimate of drug-likeness (QED) is 0.0213. The summed E-state index contributed by atoms with van der Waals surface area (Å²) in [5.41, 5.74) is 0. The Morgan fingerprint density at radius 2 is 1.02 bits per heavy atom. The van der Waals surface area contributed by atoms with E-state index in [1.54, 1.807) is 0 Å². The maximum atomic E-state index is 12.6. The van der Waals surface area contributed by atoms with E-state index in [2.05, 4.69) is 62.5 Å². The molecule has 10 heteroatoms. The Morgan fingerprint density at radius 3 is 1.53 bits per heavy atom. The number of likely N-dealkylation sites (N-methyl/N-ethyl adjacent to an activating group) is 1. The van der Waals surface area contributed by atoms with E-state index in [1.807, 2.05) is 33.3 Å². The predicted octanol–water partition coefficient (Wildman–Crippen LogP) is 13.2. The number of hydrogen-bond donors (Lipinski definition) is 1. The van der Waals surface area contributed by atoms with Gasteiger partial charge in [0.15, 0.2) is 6.10 Å². The molecule has 0 bridgehead atoms. The highest BCUT2D eigenvalue weighted by Crippen LogP contribution is 2.43. The fraction of sp³-hybridized carbons (Fsp3) is 0.750. The summed E-state index contributed by atoms with van der Waals surface area (Å²) in [4.78, 5) is 35.3. The van der Waals surface area contributed by atoms with Crippen molar-refractivity contribution in [3.63, 3.8) is 0 Å². The first kappa shape index (κ1) is 55.7. The molecule has 9 nitrogen and oxygen atoms in total. The second kappa shape index (κ2) is 40.1. The van der Waals surface area contributed by atoms with Crippen LogP contribution in [0.15, 0.2) is 60.8 Å². The number of rotatable bonds is 41. The average molecular weight is 837 g/mol. The van der Waals surface area contributed by atoms with Crippen molar-refractivity contribution in [2.45, 2.75) is 187 Å². The molecule has 336 valence electrons. The van der Waals surface area contributed by atoms with Gasteiger partial charge in [-0.1, -0.05) is 164 Å². The van der Waals surface area contributed by atoms with Gasteiger partial charge in [0.2, 0.25) is 0 Å². The molecule has 0 radical (unpaired) electrons. The normalized spacial score (nSPS) is 14.1. The van der Waals surface area contributed by atoms with Gasteiger partial charge in [-0.3, -0.25) is 18.6 Å². The zero-order valence-electron chi connectivity index (χ0n) is 37.8. The molecule has 0 aliphatic carbocycles. The topological polar surface area (TPSA) is 108 Å². The van der Waals surface area contributed by atoms with Crippen LogP contribution in [0, 0.1) is 0 Å². The molecule has 0 aliphatic heterocycles. The smallest absolute Gasteiger partial charge is 0.462 e. The first-order chi connectivity index (χ1) is 28.0. The van der Waals surface area contributed by atoms with Crippen molar-refractivity contribution in [3.05, 3.63) is 60.8 Å². The molecule has 0 amide bonds. The molecule has 0 heterocycles. The van der Waals surface area contributed by atoms with Crippen molar-refractivity contribution < 1.29 is 42.1 Å². The van der Waals surface area contributed by atoms with E-state index >= 15 is 0 Å². The van der Waals surface area contributed by atoms with E-state index in [4.69, 9.17) is 18.5 Å². The highest BCUT2D eigenvalue weighted by atomic mass is 31.2. The number of allylic oxidation sites excluding steroid dienone is 10. The molecular weight excluding hydrogens is 750 g/mol. The summed E-state index contributed by atoms with van der Waals surface area (Å²) in [6.07, 6.45) is 48.7. The van der Waals surface area contributed by atoms with Gasteiger partial charge < -0.3 is 18.9 Å². The number of nitrogens with zero attached hydrogens (tertiary/aromatic N) is 1. The zero-order valence-corrected chi connectivity index (χ0v) is 38.7. The van der Waals surface area contributed by atoms with Gasteiger partial charge in [-0.2, -0.15) is 0 Å². The summed E-state index contributed by atoms with van der Waals surface area (Å²) in [6, 6.07) is 0. The van der Waals surface area contributed by atoms with Gasteiger partial charge in [-0.25, -0.2) is 4.57 Å². The molecule has 0 spiro atoms. The first-order valence-corrected chi connectivity index (χ1v) is 24.5. The number of unbranched alkanes of at least 4 members (excludes halogenated alkanes) is 17. The number of hydrogen-bond acceptors (Lipinski definition) is 7. The summed E-state index contributed by atoms with van der Waals surface area (Å²) < 4.78 is 34.2. The monoisotopic (exact) mass is 837 g/mol. The van der Waals surface area contributed by atoms with Gasteiger partial charge in [0.25, 0.3) is 0 Å². The minimum atomic E-state index is -4.40. The Kier molecular flexibility index (Phi) is 38.5. The molecule has 0 aromatic carbocycles. The Labute approximate surface area is 356 Å². The molecule has 0 saturated carbocycles. The van der Waals surface area contributed by atoms with Crippen LogP contribution < -0.4 is 0 Å². The number of carbonyl (C=O) groups is 2. The molecule has 2 unspecified atom stereocenters. The van der Waals surface area contributed by atoms with Crippen LogP contribution in [0.4, 0.5) is 0 Å². The number of quaternary nitrogens is 1. The lowest BCUT2D eigenvalue weighted by Gasteiger charge is -2.24. The van der Waals surface area contributed by atoms with Crippen LogP contribution in [-0.2, 0) is 32.7 Å². The standard InChI is InChI=1S/C48H86NO8P/c1-6-8-10-12-14-16-18-20-21-22-23-24-25-26-27-29-30-32-34-36-38-40-47(50)54-44-46(45-56-58(52,53)55-43-42-49(3,4)5)57-48(51)41-39-37-35-33-31-28-19-17-15-13-11-9-7-2/h9,11,15,17,22-23,28,31,35,37,46H,6-8,10,12-14,16,18-21,24-27,29-30,32-34,36,38-45H2,1-5H3/p+1/b11-9-,17-15-,23-22-,31-28-,37-35-. The predicted molar refractivity (Wildman–Crippen MR) is 243 cm³/mol. The summed E-state index contributed by atoms with van der Waals surface area (Å²) in [7, 11) is 1.43. The van der Waals surface area contributed by atoms with Crippen LogP contribution in [0.3, 0.4) is 0 Å². The summed E-state index contributed by atoms with van der Waals surface area (Å²) in [5.74, 6) is -0.897. The van der Waals surface area contributed by atoms with Crippen molar-refractivity contribution >= 4 is 19.8 Å². The molecular formula is C48H87NO8P+. The fourth-order valence-corrected chi connectivity index (χ4v) is 6.70. The van der Waals surface area contributed by atoms with E-state index in [-0.39, 0.29) is 32.0 Å². The van der Waals surface area contributed by atoms with Gasteiger partial charge >= 0.3 is 19.8 Å². The van der Waals surface area contributed by atoms with E-state index in [1.165, 1.54) is 103 Å². The Bertz CT molecular complexity index is 1170. The van der Waals surface area contributed by atoms with Crippen molar-refractivity contribution in [1.82, 2.24) is 0 Å². The zero-order chi connectivity index (χ0) is 42.8. The number of ether oxygens (including phenoxy) is 2. The summed E-state index contributed by atoms with van der Waals surface area (Å²) in [6.45, 7) is 4.22. The minimum Gasteiger partial charge on any atom is -0.462 e. The molecule has 1 N–H and O–H groups in total. The molecule has 0 fully saturated rings. The highest BCUT2D eigenvalue weighted by molar-refractivity contribution is 7.47. The SMILES string of the molecule is CC/C=C\C/C=C\C/C=C\C/C=C\CCC(=O)OC(COC(=O)CCCCCCCCCCC/C=C\CCCCCCCCCC)COP(=O)(O)OCC[N+](C)(C)C. The van der Waals surface area contributed by atoms with Gasteiger partial charge in [0.05, 0.1) is 27.7 Å². The molecule has 2 atom stereocenters. The van der Waals surface area contributed by atoms with Crippen LogP contribution >= 0.6 is 7.82 Å². The van der Waals surface area contributed by atoms with E-state index in [0.717, 1.165) is 44.9 Å². The highest BCUT2D eigenvalue weighted by Gasteiger charge is 2.27. The molecule has 0 aromatic heterocycles. The fourth-order valence-electron chi connectivity index (χ4n) is 5.96. The van der Waals surface area contributed by atoms with Gasteiger partial charge in [-0.05, 0) is 64.2 Å². The Hall–Kier alpha value is -2.29. The molecule has 58 heavy (non-hydrogen) atoms. The van der Waals surface area contributed by atoms with E-state index in [0.29, 0.717) is 17.4 Å². The largest absolute Gasteiger partial charge is 0.472 e. The first-order valence-electron chi connectivity index (χ1n) is 23.0. The second-order valence-corrected chi connectivity index (χ2v) is 17.9. The molecule has 0 aliphatic rings. The van der Waals surface area contributed by atoms with Crippen molar-refractivity contribution in [1.29, 1.82) is 0 Å². The average Bonchev–Trinajstić information content (AvgIpc) is 3.17. The maximum absolute atomic E-state index is 12.6. The number of esters is 2. The second-order valence-electron chi connectivity index (χ2n) is 16.4. The van der Waals surface area contributed by atoms with Gasteiger partial charge in [0, 0.05) is 12.8 Å². The van der Waals surface area contributed by atoms with E-state index < -0.39 is 26.5 Å². The van der Waals surface area contributed by atoms with Crippen LogP contribution in [0.5, 0.6) is 0 Å². The Balaban J connectivity index is 4.33. The van der Waals surface area contributed by atoms with E-state index in [9.17, 15) is 19.0 Å². The number of carbonyl (C=O) groups excluding carboxylic acids is 2. The lowest BCUT2D eigenvalue weighted by Crippen LogP contribution is -2.37. The number of phosphoric acid groups is 1. The lowest BCUT2D eigenvalue weighted by atomic mass is 10.1. The van der Waals surface area contributed by atoms with Crippen LogP contribution in [-0.4, -0.2) is 74.9 Å². The van der Waals surface area contributed by atoms with Crippen molar-refractivity contribution in [2.24, 2.45) is 0 Å². The molecule has 0 rings (SSSR count). The summed E-state index contributed by atoms with van der Waals surface area (Å²) >= 11 is 0. The summed E-state index contributed by atoms with van der Waals surface area (Å²) in [5, 5.41) is 0. The van der Waals surface area contributed by atoms with Gasteiger partial charge in [-0.15, -0.1) is 0 Å². The lowest BCUT2D eigenvalue weighted by molar-refractivity contribution is -0.870. The van der Waals surface area contributed by atoms with Crippen molar-refractivity contribution in [3.8, 4) is 0 Å². The Morgan fingerprint density at radius 1 is 0.552 bits per heavy atom. The molecule has 0 saturated heterocycles. The third-order valence-electron chi connectivity index (χ3n) is 9.55. The third kappa shape index (κ3) is 43.3. The van der Waals surface area contributed by atoms with Crippen molar-refractivity contribution in [2.75, 3.05) is 47.5 Å². The van der Waals surface area contributed by atoms with Crippen LogP contribution in [0.25, 0.3) is 0 Å². The maximum Gasteiger partial charge on any atom is 0.472 e. The van der Waals surface area contributed by atoms with Gasteiger partial charge in [0.1, 0.15) is 19.8 Å². The third-order valence-corrected chi connectivity index (χ3v) is 10.5. The van der Waals surface area contributed by atoms with Crippen LogP contribution in [0.2, 0.25) is 0 Å². The number of phosphoric ester groups is 1. The van der Waals surface area contributed by atoms with Crippen LogP contribution in [0.1, 0.15) is 181 Å².